The summed E-state index contributed by atoms with van der Waals surface area (Å²) in [6.45, 7) is 8.49. The molecule has 2 aliphatic carbocycles. The van der Waals surface area contributed by atoms with Crippen molar-refractivity contribution in [3.05, 3.63) is 45.9 Å². The van der Waals surface area contributed by atoms with E-state index in [1.807, 2.05) is 18.4 Å². The molecule has 1 N–H and O–H groups in total. The lowest BCUT2D eigenvalue weighted by Crippen LogP contribution is -2.39. The number of carbonyl (C=O) groups excluding carboxylic acids is 2. The Kier molecular flexibility index (Phi) is 6.37. The van der Waals surface area contributed by atoms with Crippen LogP contribution in [-0.2, 0) is 0 Å². The van der Waals surface area contributed by atoms with Gasteiger partial charge >= 0.3 is 0 Å². The molecular formula is C22H31N3O3. The van der Waals surface area contributed by atoms with Gasteiger partial charge in [0.1, 0.15) is 11.1 Å². The van der Waals surface area contributed by atoms with Crippen LogP contribution >= 0.6 is 0 Å². The van der Waals surface area contributed by atoms with Crippen molar-refractivity contribution >= 4 is 11.8 Å². The molecule has 0 unspecified atom stereocenters. The number of aromatic nitrogens is 1. The number of amides is 2. The van der Waals surface area contributed by atoms with E-state index >= 15 is 0 Å². The molecule has 2 amide bonds. The van der Waals surface area contributed by atoms with Crippen LogP contribution in [0.15, 0.2) is 29.3 Å². The van der Waals surface area contributed by atoms with Gasteiger partial charge in [-0.2, -0.15) is 0 Å². The van der Waals surface area contributed by atoms with Gasteiger partial charge in [-0.25, -0.2) is 0 Å². The van der Waals surface area contributed by atoms with Crippen LogP contribution in [-0.4, -0.2) is 40.4 Å². The van der Waals surface area contributed by atoms with Gasteiger partial charge in [-0.15, -0.1) is 0 Å². The van der Waals surface area contributed by atoms with Crippen LogP contribution in [0.2, 0.25) is 0 Å². The third kappa shape index (κ3) is 4.72. The van der Waals surface area contributed by atoms with E-state index in [0.717, 1.165) is 44.1 Å². The van der Waals surface area contributed by atoms with Crippen LogP contribution in [0.1, 0.15) is 85.6 Å². The smallest absolute Gasteiger partial charge is 0.259 e. The molecule has 0 saturated heterocycles. The van der Waals surface area contributed by atoms with Gasteiger partial charge in [0, 0.05) is 37.6 Å². The van der Waals surface area contributed by atoms with Crippen molar-refractivity contribution in [3.63, 3.8) is 0 Å². The Morgan fingerprint density at radius 3 is 2.36 bits per heavy atom. The highest BCUT2D eigenvalue weighted by Crippen LogP contribution is 2.28. The zero-order valence-corrected chi connectivity index (χ0v) is 17.0. The molecule has 0 radical (unpaired) electrons. The molecule has 6 heteroatoms. The first-order valence-electron chi connectivity index (χ1n) is 10.4. The summed E-state index contributed by atoms with van der Waals surface area (Å²) in [4.78, 5) is 40.5. The summed E-state index contributed by atoms with van der Waals surface area (Å²) < 4.78 is 1.93. The number of likely N-dealkylation sites (N-methyl/N-ethyl adjacent to an activating group) is 1. The van der Waals surface area contributed by atoms with Gasteiger partial charge < -0.3 is 14.8 Å². The number of hydrogen-bond acceptors (Lipinski definition) is 3. The fourth-order valence-corrected chi connectivity index (χ4v) is 3.82. The van der Waals surface area contributed by atoms with Crippen molar-refractivity contribution < 1.29 is 9.59 Å². The zero-order valence-electron chi connectivity index (χ0n) is 17.0. The maximum atomic E-state index is 13.1. The molecular weight excluding hydrogens is 354 g/mol. The number of rotatable bonds is 7. The quantitative estimate of drug-likeness (QED) is 0.732. The maximum absolute atomic E-state index is 13.1. The number of nitrogens with zero attached hydrogens (tertiary/aromatic N) is 2. The van der Waals surface area contributed by atoms with E-state index in [-0.39, 0.29) is 35.0 Å². The Labute approximate surface area is 166 Å². The molecule has 28 heavy (non-hydrogen) atoms. The lowest BCUT2D eigenvalue weighted by atomic mass is 9.95. The standard InChI is InChI=1S/C22H31N3O3/c1-4-24(12-15(2)3)22(28)19-14-25(17-8-6-5-7-9-17)13-18(20(19)26)21(27)23-16-10-11-16/h13-14,16-17H,2,4-12H2,1,3H3,(H,23,27). The Morgan fingerprint density at radius 2 is 1.79 bits per heavy atom. The second kappa shape index (κ2) is 8.76. The Hall–Kier alpha value is -2.37. The number of carbonyl (C=O) groups is 2. The first kappa shape index (κ1) is 20.4. The molecule has 2 fully saturated rings. The van der Waals surface area contributed by atoms with Crippen LogP contribution in [0.25, 0.3) is 0 Å². The second-order valence-electron chi connectivity index (χ2n) is 8.18. The molecule has 1 aromatic heterocycles. The Morgan fingerprint density at radius 1 is 1.14 bits per heavy atom. The molecule has 3 rings (SSSR count). The van der Waals surface area contributed by atoms with Crippen molar-refractivity contribution in [1.29, 1.82) is 0 Å². The first-order valence-corrected chi connectivity index (χ1v) is 10.4. The SMILES string of the molecule is C=C(C)CN(CC)C(=O)c1cn(C2CCCCC2)cc(C(=O)NC2CC2)c1=O. The number of hydrogen-bond donors (Lipinski definition) is 1. The first-order chi connectivity index (χ1) is 13.4. The van der Waals surface area contributed by atoms with Gasteiger partial charge in [-0.05, 0) is 39.5 Å². The van der Waals surface area contributed by atoms with E-state index in [9.17, 15) is 14.4 Å². The Bertz CT molecular complexity index is 817. The van der Waals surface area contributed by atoms with E-state index in [1.54, 1.807) is 17.3 Å². The average Bonchev–Trinajstić information content (AvgIpc) is 3.50. The van der Waals surface area contributed by atoms with E-state index in [2.05, 4.69) is 11.9 Å². The van der Waals surface area contributed by atoms with Gasteiger partial charge in [-0.3, -0.25) is 14.4 Å². The molecule has 1 heterocycles. The third-order valence-electron chi connectivity index (χ3n) is 5.56. The highest BCUT2D eigenvalue weighted by Gasteiger charge is 2.28. The fraction of sp³-hybridized carbons (Fsp3) is 0.591. The lowest BCUT2D eigenvalue weighted by Gasteiger charge is -2.27. The average molecular weight is 386 g/mol. The van der Waals surface area contributed by atoms with Gasteiger partial charge in [0.2, 0.25) is 5.43 Å². The minimum absolute atomic E-state index is 0.0784. The van der Waals surface area contributed by atoms with Crippen LogP contribution < -0.4 is 10.7 Å². The van der Waals surface area contributed by atoms with E-state index in [4.69, 9.17) is 0 Å². The maximum Gasteiger partial charge on any atom is 0.259 e. The normalized spacial score (nSPS) is 17.2. The minimum Gasteiger partial charge on any atom is -0.349 e. The van der Waals surface area contributed by atoms with Gasteiger partial charge in [0.05, 0.1) is 0 Å². The van der Waals surface area contributed by atoms with Crippen molar-refractivity contribution in [1.82, 2.24) is 14.8 Å². The van der Waals surface area contributed by atoms with Crippen molar-refractivity contribution in [3.8, 4) is 0 Å². The molecule has 0 atom stereocenters. The molecule has 6 nitrogen and oxygen atoms in total. The largest absolute Gasteiger partial charge is 0.349 e. The van der Waals surface area contributed by atoms with Gasteiger partial charge in [-0.1, -0.05) is 31.4 Å². The minimum atomic E-state index is -0.477. The highest BCUT2D eigenvalue weighted by atomic mass is 16.2. The molecule has 152 valence electrons. The van der Waals surface area contributed by atoms with Gasteiger partial charge in [0.25, 0.3) is 11.8 Å². The predicted octanol–water partition coefficient (Wildman–Crippen LogP) is 3.28. The van der Waals surface area contributed by atoms with E-state index in [0.29, 0.717) is 13.1 Å². The molecule has 2 saturated carbocycles. The monoisotopic (exact) mass is 385 g/mol. The summed E-state index contributed by atoms with van der Waals surface area (Å²) in [5.41, 5.74) is 0.535. The summed E-state index contributed by atoms with van der Waals surface area (Å²) >= 11 is 0. The van der Waals surface area contributed by atoms with Crippen molar-refractivity contribution in [2.75, 3.05) is 13.1 Å². The summed E-state index contributed by atoms with van der Waals surface area (Å²) in [6.07, 6.45) is 10.7. The van der Waals surface area contributed by atoms with E-state index in [1.165, 1.54) is 6.42 Å². The molecule has 0 aliphatic heterocycles. The summed E-state index contributed by atoms with van der Waals surface area (Å²) in [6, 6.07) is 0.384. The van der Waals surface area contributed by atoms with E-state index < -0.39 is 5.43 Å². The summed E-state index contributed by atoms with van der Waals surface area (Å²) in [5.74, 6) is -0.698. The molecule has 2 aliphatic rings. The zero-order chi connectivity index (χ0) is 20.3. The lowest BCUT2D eigenvalue weighted by molar-refractivity contribution is 0.0775. The predicted molar refractivity (Wildman–Crippen MR) is 110 cm³/mol. The van der Waals surface area contributed by atoms with Crippen LogP contribution in [0, 0.1) is 0 Å². The topological polar surface area (TPSA) is 71.4 Å². The second-order valence-corrected chi connectivity index (χ2v) is 8.18. The fourth-order valence-electron chi connectivity index (χ4n) is 3.82. The molecule has 0 spiro atoms. The van der Waals surface area contributed by atoms with Crippen LogP contribution in [0.3, 0.4) is 0 Å². The summed E-state index contributed by atoms with van der Waals surface area (Å²) in [7, 11) is 0. The summed E-state index contributed by atoms with van der Waals surface area (Å²) in [5, 5.41) is 2.89. The van der Waals surface area contributed by atoms with Crippen molar-refractivity contribution in [2.45, 2.75) is 70.9 Å². The van der Waals surface area contributed by atoms with Crippen LogP contribution in [0.4, 0.5) is 0 Å². The van der Waals surface area contributed by atoms with Gasteiger partial charge in [0.15, 0.2) is 0 Å². The van der Waals surface area contributed by atoms with Crippen LogP contribution in [0.5, 0.6) is 0 Å². The number of nitrogens with one attached hydrogen (secondary N) is 1. The number of pyridine rings is 1. The highest BCUT2D eigenvalue weighted by molar-refractivity contribution is 5.99. The van der Waals surface area contributed by atoms with Crippen molar-refractivity contribution in [2.24, 2.45) is 0 Å². The Balaban J connectivity index is 2.00. The third-order valence-corrected chi connectivity index (χ3v) is 5.56. The molecule has 1 aromatic rings. The molecule has 0 bridgehead atoms. The molecule has 0 aromatic carbocycles.